The van der Waals surface area contributed by atoms with Crippen LogP contribution in [0, 0.1) is 5.82 Å². The van der Waals surface area contributed by atoms with E-state index in [9.17, 15) is 9.18 Å². The predicted octanol–water partition coefficient (Wildman–Crippen LogP) is 1.86. The minimum absolute atomic E-state index is 0.254. The third-order valence-corrected chi connectivity index (χ3v) is 3.01. The summed E-state index contributed by atoms with van der Waals surface area (Å²) in [6, 6.07) is 4.33. The largest absolute Gasteiger partial charge is 0.467 e. The smallest absolute Gasteiger partial charge is 0.336 e. The first-order valence-electron chi connectivity index (χ1n) is 5.51. The van der Waals surface area contributed by atoms with Crippen molar-refractivity contribution < 1.29 is 18.7 Å². The van der Waals surface area contributed by atoms with Crippen LogP contribution in [-0.4, -0.2) is 38.9 Å². The van der Waals surface area contributed by atoms with Gasteiger partial charge in [0, 0.05) is 11.6 Å². The Morgan fingerprint density at radius 2 is 2.39 bits per heavy atom. The highest BCUT2D eigenvalue weighted by atomic mass is 35.5. The second kappa shape index (κ2) is 5.54. The van der Waals surface area contributed by atoms with Crippen molar-refractivity contribution in [1.29, 1.82) is 0 Å². The summed E-state index contributed by atoms with van der Waals surface area (Å²) in [4.78, 5) is 13.1. The summed E-state index contributed by atoms with van der Waals surface area (Å²) in [6.07, 6.45) is -0.692. The van der Waals surface area contributed by atoms with Crippen molar-refractivity contribution in [2.24, 2.45) is 0 Å². The number of hydrogen-bond donors (Lipinski definition) is 0. The summed E-state index contributed by atoms with van der Waals surface area (Å²) < 4.78 is 23.6. The maximum absolute atomic E-state index is 13.7. The Labute approximate surface area is 109 Å². The molecule has 0 spiro atoms. The maximum Gasteiger partial charge on any atom is 0.336 e. The summed E-state index contributed by atoms with van der Waals surface area (Å²) in [5, 5.41) is 0.451. The standard InChI is InChI=1S/C12H13ClFNO3/c1-17-12(16)11-7-15(4-5-18-11)10-6-8(13)2-3-9(10)14/h2-3,6,11H,4-5,7H2,1H3/t11-/m0/s1. The Hall–Kier alpha value is -1.33. The second-order valence-corrected chi connectivity index (χ2v) is 4.36. The SMILES string of the molecule is COC(=O)[C@@H]1CN(c2cc(Cl)ccc2F)CCO1. The van der Waals surface area contributed by atoms with Gasteiger partial charge in [-0.2, -0.15) is 0 Å². The minimum Gasteiger partial charge on any atom is -0.467 e. The van der Waals surface area contributed by atoms with E-state index in [4.69, 9.17) is 16.3 Å². The lowest BCUT2D eigenvalue weighted by Gasteiger charge is -2.33. The number of hydrogen-bond acceptors (Lipinski definition) is 4. The van der Waals surface area contributed by atoms with Crippen molar-refractivity contribution >= 4 is 23.3 Å². The number of benzene rings is 1. The van der Waals surface area contributed by atoms with E-state index in [-0.39, 0.29) is 12.4 Å². The fourth-order valence-electron chi connectivity index (χ4n) is 1.87. The summed E-state index contributed by atoms with van der Waals surface area (Å²) in [7, 11) is 1.30. The summed E-state index contributed by atoms with van der Waals surface area (Å²) in [6.45, 7) is 1.10. The van der Waals surface area contributed by atoms with Gasteiger partial charge in [-0.05, 0) is 18.2 Å². The molecule has 0 N–H and O–H groups in total. The van der Waals surface area contributed by atoms with Crippen molar-refractivity contribution in [3.05, 3.63) is 29.0 Å². The molecule has 6 heteroatoms. The lowest BCUT2D eigenvalue weighted by atomic mass is 10.2. The van der Waals surface area contributed by atoms with E-state index in [1.165, 1.54) is 25.3 Å². The van der Waals surface area contributed by atoms with Gasteiger partial charge in [-0.25, -0.2) is 9.18 Å². The number of rotatable bonds is 2. The first-order valence-corrected chi connectivity index (χ1v) is 5.89. The minimum atomic E-state index is -0.692. The highest BCUT2D eigenvalue weighted by Crippen LogP contribution is 2.25. The zero-order chi connectivity index (χ0) is 13.1. The molecular formula is C12H13ClFNO3. The van der Waals surface area contributed by atoms with Gasteiger partial charge in [0.05, 0.1) is 25.9 Å². The van der Waals surface area contributed by atoms with E-state index >= 15 is 0 Å². The van der Waals surface area contributed by atoms with Crippen LogP contribution in [0.15, 0.2) is 18.2 Å². The molecule has 0 aromatic heterocycles. The van der Waals surface area contributed by atoms with Crippen molar-refractivity contribution in [2.75, 3.05) is 31.7 Å². The van der Waals surface area contributed by atoms with Gasteiger partial charge >= 0.3 is 5.97 Å². The number of nitrogens with zero attached hydrogens (tertiary/aromatic N) is 1. The fraction of sp³-hybridized carbons (Fsp3) is 0.417. The Morgan fingerprint density at radius 1 is 1.61 bits per heavy atom. The van der Waals surface area contributed by atoms with Crippen LogP contribution in [0.25, 0.3) is 0 Å². The van der Waals surface area contributed by atoms with Gasteiger partial charge in [-0.3, -0.25) is 0 Å². The van der Waals surface area contributed by atoms with Gasteiger partial charge < -0.3 is 14.4 Å². The van der Waals surface area contributed by atoms with E-state index in [1.54, 1.807) is 4.90 Å². The molecular weight excluding hydrogens is 261 g/mol. The van der Waals surface area contributed by atoms with Crippen LogP contribution in [-0.2, 0) is 14.3 Å². The van der Waals surface area contributed by atoms with Gasteiger partial charge in [0.2, 0.25) is 0 Å². The van der Waals surface area contributed by atoms with Gasteiger partial charge in [0.15, 0.2) is 6.10 Å². The highest BCUT2D eigenvalue weighted by molar-refractivity contribution is 6.30. The zero-order valence-corrected chi connectivity index (χ0v) is 10.6. The molecule has 2 rings (SSSR count). The van der Waals surface area contributed by atoms with Gasteiger partial charge in [-0.1, -0.05) is 11.6 Å². The van der Waals surface area contributed by atoms with E-state index in [0.29, 0.717) is 23.9 Å². The second-order valence-electron chi connectivity index (χ2n) is 3.92. The molecule has 1 aromatic carbocycles. The topological polar surface area (TPSA) is 38.8 Å². The van der Waals surface area contributed by atoms with Crippen LogP contribution >= 0.6 is 11.6 Å². The number of methoxy groups -OCH3 is 1. The Morgan fingerprint density at radius 3 is 3.11 bits per heavy atom. The maximum atomic E-state index is 13.7. The molecule has 0 aliphatic carbocycles. The molecule has 0 bridgehead atoms. The van der Waals surface area contributed by atoms with Crippen molar-refractivity contribution in [2.45, 2.75) is 6.10 Å². The summed E-state index contributed by atoms with van der Waals surface area (Å²) >= 11 is 5.85. The van der Waals surface area contributed by atoms with Gasteiger partial charge in [0.1, 0.15) is 5.82 Å². The number of ether oxygens (including phenoxy) is 2. The van der Waals surface area contributed by atoms with Crippen LogP contribution in [0.2, 0.25) is 5.02 Å². The molecule has 1 fully saturated rings. The van der Waals surface area contributed by atoms with Crippen molar-refractivity contribution in [3.63, 3.8) is 0 Å². The quantitative estimate of drug-likeness (QED) is 0.771. The van der Waals surface area contributed by atoms with Crippen LogP contribution in [0.1, 0.15) is 0 Å². The van der Waals surface area contributed by atoms with Crippen LogP contribution in [0.3, 0.4) is 0 Å². The van der Waals surface area contributed by atoms with Gasteiger partial charge in [-0.15, -0.1) is 0 Å². The number of morpholine rings is 1. The number of carbonyl (C=O) groups is 1. The Kier molecular flexibility index (Phi) is 4.04. The molecule has 18 heavy (non-hydrogen) atoms. The van der Waals surface area contributed by atoms with E-state index in [0.717, 1.165) is 0 Å². The van der Waals surface area contributed by atoms with Crippen molar-refractivity contribution in [3.8, 4) is 0 Å². The summed E-state index contributed by atoms with van der Waals surface area (Å²) in [5.74, 6) is -0.827. The fourth-order valence-corrected chi connectivity index (χ4v) is 2.04. The molecule has 0 radical (unpaired) electrons. The van der Waals surface area contributed by atoms with E-state index in [1.807, 2.05) is 0 Å². The molecule has 1 saturated heterocycles. The van der Waals surface area contributed by atoms with Crippen LogP contribution < -0.4 is 4.90 Å². The molecule has 0 amide bonds. The van der Waals surface area contributed by atoms with E-state index < -0.39 is 12.1 Å². The number of anilines is 1. The number of halogens is 2. The zero-order valence-electron chi connectivity index (χ0n) is 9.86. The average Bonchev–Trinajstić information content (AvgIpc) is 2.40. The normalized spacial score (nSPS) is 19.7. The molecule has 0 saturated carbocycles. The predicted molar refractivity (Wildman–Crippen MR) is 65.4 cm³/mol. The average molecular weight is 274 g/mol. The third-order valence-electron chi connectivity index (χ3n) is 2.78. The van der Waals surface area contributed by atoms with Crippen LogP contribution in [0.4, 0.5) is 10.1 Å². The monoisotopic (exact) mass is 273 g/mol. The lowest BCUT2D eigenvalue weighted by molar-refractivity contribution is -0.154. The lowest BCUT2D eigenvalue weighted by Crippen LogP contribution is -2.46. The molecule has 1 heterocycles. The molecule has 0 unspecified atom stereocenters. The molecule has 98 valence electrons. The third kappa shape index (κ3) is 2.73. The highest BCUT2D eigenvalue weighted by Gasteiger charge is 2.28. The molecule has 1 aliphatic heterocycles. The van der Waals surface area contributed by atoms with Crippen molar-refractivity contribution in [1.82, 2.24) is 0 Å². The number of esters is 1. The first-order chi connectivity index (χ1) is 8.61. The van der Waals surface area contributed by atoms with Crippen LogP contribution in [0.5, 0.6) is 0 Å². The molecule has 1 aromatic rings. The Bertz CT molecular complexity index is 455. The molecule has 4 nitrogen and oxygen atoms in total. The number of carbonyl (C=O) groups excluding carboxylic acids is 1. The van der Waals surface area contributed by atoms with Gasteiger partial charge in [0.25, 0.3) is 0 Å². The molecule has 1 aliphatic rings. The van der Waals surface area contributed by atoms with E-state index in [2.05, 4.69) is 4.74 Å². The molecule has 1 atom stereocenters. The first kappa shape index (κ1) is 13.1. The summed E-state index contributed by atoms with van der Waals surface area (Å²) in [5.41, 5.74) is 0.375. The Balaban J connectivity index is 2.18.